The molecule has 1 fully saturated rings. The summed E-state index contributed by atoms with van der Waals surface area (Å²) in [6.07, 6.45) is 1.92. The van der Waals surface area contributed by atoms with Crippen LogP contribution in [0.15, 0.2) is 6.20 Å². The highest BCUT2D eigenvalue weighted by Gasteiger charge is 2.30. The Morgan fingerprint density at radius 1 is 1.62 bits per heavy atom. The lowest BCUT2D eigenvalue weighted by Crippen LogP contribution is -2.11. The minimum absolute atomic E-state index is 0.0526. The molecule has 1 aliphatic rings. The molecular formula is C8H11N3O4S. The molecule has 0 bridgehead atoms. The van der Waals surface area contributed by atoms with E-state index >= 15 is 0 Å². The Hall–Kier alpha value is -1.44. The summed E-state index contributed by atoms with van der Waals surface area (Å²) in [5.74, 6) is -0.366. The molecule has 7 nitrogen and oxygen atoms in total. The van der Waals surface area contributed by atoms with E-state index in [1.54, 1.807) is 0 Å². The van der Waals surface area contributed by atoms with E-state index in [0.717, 1.165) is 0 Å². The van der Waals surface area contributed by atoms with Crippen LogP contribution in [0, 0.1) is 0 Å². The summed E-state index contributed by atoms with van der Waals surface area (Å²) < 4.78 is 28.4. The third kappa shape index (κ3) is 2.06. The summed E-state index contributed by atoms with van der Waals surface area (Å²) in [5.41, 5.74) is 0.0896. The molecule has 2 heterocycles. The maximum Gasteiger partial charge on any atom is 0.360 e. The van der Waals surface area contributed by atoms with Crippen LogP contribution in [0.2, 0.25) is 0 Å². The molecule has 1 saturated heterocycles. The molecule has 8 heteroatoms. The van der Waals surface area contributed by atoms with Crippen LogP contribution >= 0.6 is 0 Å². The molecule has 1 aromatic rings. The largest absolute Gasteiger partial charge is 0.464 e. The van der Waals surface area contributed by atoms with Gasteiger partial charge < -0.3 is 4.74 Å². The third-order valence-electron chi connectivity index (χ3n) is 2.49. The molecule has 1 aromatic heterocycles. The van der Waals surface area contributed by atoms with E-state index in [0.29, 0.717) is 6.42 Å². The first-order valence-corrected chi connectivity index (χ1v) is 6.54. The highest BCUT2D eigenvalue weighted by atomic mass is 32.2. The van der Waals surface area contributed by atoms with Gasteiger partial charge in [-0.1, -0.05) is 5.21 Å². The number of sulfone groups is 1. The molecule has 1 unspecified atom stereocenters. The Bertz CT molecular complexity index is 507. The van der Waals surface area contributed by atoms with Crippen LogP contribution in [0.1, 0.15) is 23.0 Å². The van der Waals surface area contributed by atoms with Crippen LogP contribution in [0.5, 0.6) is 0 Å². The van der Waals surface area contributed by atoms with Gasteiger partial charge in [-0.25, -0.2) is 17.9 Å². The fraction of sp³-hybridized carbons (Fsp3) is 0.625. The molecule has 0 aliphatic carbocycles. The Kier molecular flexibility index (Phi) is 2.66. The molecule has 16 heavy (non-hydrogen) atoms. The van der Waals surface area contributed by atoms with Crippen LogP contribution in [-0.4, -0.2) is 48.0 Å². The highest BCUT2D eigenvalue weighted by Crippen LogP contribution is 2.22. The Morgan fingerprint density at radius 2 is 2.38 bits per heavy atom. The second-order valence-corrected chi connectivity index (χ2v) is 5.86. The molecule has 0 spiro atoms. The maximum atomic E-state index is 11.3. The van der Waals surface area contributed by atoms with E-state index < -0.39 is 15.8 Å². The standard InChI is InChI=1S/C8H11N3O4S/c1-15-8(12)7-4-11(10-9-7)6-2-3-16(13,14)5-6/h4,6H,2-3,5H2,1H3. The van der Waals surface area contributed by atoms with Crippen LogP contribution < -0.4 is 0 Å². The number of carbonyl (C=O) groups excluding carboxylic acids is 1. The van der Waals surface area contributed by atoms with Gasteiger partial charge in [0.25, 0.3) is 0 Å². The Balaban J connectivity index is 2.17. The Morgan fingerprint density at radius 3 is 2.94 bits per heavy atom. The van der Waals surface area contributed by atoms with Crippen LogP contribution in [0.3, 0.4) is 0 Å². The lowest BCUT2D eigenvalue weighted by atomic mass is 10.3. The van der Waals surface area contributed by atoms with Gasteiger partial charge in [-0.2, -0.15) is 0 Å². The van der Waals surface area contributed by atoms with Crippen molar-refractivity contribution in [2.45, 2.75) is 12.5 Å². The van der Waals surface area contributed by atoms with Crippen molar-refractivity contribution in [1.29, 1.82) is 0 Å². The van der Waals surface area contributed by atoms with E-state index in [9.17, 15) is 13.2 Å². The zero-order valence-electron chi connectivity index (χ0n) is 8.66. The Labute approximate surface area is 92.3 Å². The predicted octanol–water partition coefficient (Wildman–Crippen LogP) is -0.576. The first-order chi connectivity index (χ1) is 7.52. The van der Waals surface area contributed by atoms with E-state index in [1.165, 1.54) is 18.0 Å². The minimum atomic E-state index is -2.96. The minimum Gasteiger partial charge on any atom is -0.464 e. The summed E-state index contributed by atoms with van der Waals surface area (Å²) in [6, 6.07) is -0.226. The van der Waals surface area contributed by atoms with Gasteiger partial charge in [0, 0.05) is 0 Å². The zero-order chi connectivity index (χ0) is 11.8. The summed E-state index contributed by atoms with van der Waals surface area (Å²) in [7, 11) is -1.71. The van der Waals surface area contributed by atoms with Gasteiger partial charge in [0.05, 0.1) is 30.9 Å². The molecule has 1 aliphatic heterocycles. The second kappa shape index (κ2) is 3.85. The predicted molar refractivity (Wildman–Crippen MR) is 53.7 cm³/mol. The maximum absolute atomic E-state index is 11.3. The molecule has 0 radical (unpaired) electrons. The van der Waals surface area contributed by atoms with E-state index in [2.05, 4.69) is 15.0 Å². The van der Waals surface area contributed by atoms with Gasteiger partial charge in [-0.05, 0) is 6.42 Å². The van der Waals surface area contributed by atoms with Gasteiger partial charge in [0.1, 0.15) is 0 Å². The average Bonchev–Trinajstić information content (AvgIpc) is 2.83. The van der Waals surface area contributed by atoms with Crippen molar-refractivity contribution in [2.75, 3.05) is 18.6 Å². The lowest BCUT2D eigenvalue weighted by molar-refractivity contribution is 0.0594. The van der Waals surface area contributed by atoms with Gasteiger partial charge in [0.2, 0.25) is 0 Å². The molecule has 2 rings (SSSR count). The molecule has 0 saturated carbocycles. The third-order valence-corrected chi connectivity index (χ3v) is 4.24. The monoisotopic (exact) mass is 245 g/mol. The number of hydrogen-bond acceptors (Lipinski definition) is 6. The van der Waals surface area contributed by atoms with E-state index in [4.69, 9.17) is 0 Å². The smallest absolute Gasteiger partial charge is 0.360 e. The number of aromatic nitrogens is 3. The number of carbonyl (C=O) groups is 1. The van der Waals surface area contributed by atoms with Crippen LogP contribution in [0.25, 0.3) is 0 Å². The number of ether oxygens (including phenoxy) is 1. The molecule has 0 N–H and O–H groups in total. The lowest BCUT2D eigenvalue weighted by Gasteiger charge is -2.05. The van der Waals surface area contributed by atoms with Crippen LogP contribution in [-0.2, 0) is 14.6 Å². The SMILES string of the molecule is COC(=O)c1cn(C2CCS(=O)(=O)C2)nn1. The van der Waals surface area contributed by atoms with Crippen molar-refractivity contribution < 1.29 is 17.9 Å². The summed E-state index contributed by atoms with van der Waals surface area (Å²) >= 11 is 0. The first-order valence-electron chi connectivity index (χ1n) is 4.72. The highest BCUT2D eigenvalue weighted by molar-refractivity contribution is 7.91. The summed E-state index contributed by atoms with van der Waals surface area (Å²) in [5, 5.41) is 7.36. The van der Waals surface area contributed by atoms with E-state index in [1.807, 2.05) is 0 Å². The number of nitrogens with zero attached hydrogens (tertiary/aromatic N) is 3. The van der Waals surface area contributed by atoms with Gasteiger partial charge >= 0.3 is 5.97 Å². The van der Waals surface area contributed by atoms with Crippen molar-refractivity contribution in [3.63, 3.8) is 0 Å². The number of rotatable bonds is 2. The first kappa shape index (κ1) is 11.1. The summed E-state index contributed by atoms with van der Waals surface area (Å²) in [4.78, 5) is 11.1. The van der Waals surface area contributed by atoms with E-state index in [-0.39, 0.29) is 23.2 Å². The fourth-order valence-electron chi connectivity index (χ4n) is 1.64. The number of methoxy groups -OCH3 is 1. The van der Waals surface area contributed by atoms with Crippen molar-refractivity contribution in [1.82, 2.24) is 15.0 Å². The number of hydrogen-bond donors (Lipinski definition) is 0. The quantitative estimate of drug-likeness (QED) is 0.648. The fourth-order valence-corrected chi connectivity index (χ4v) is 3.34. The van der Waals surface area contributed by atoms with Crippen molar-refractivity contribution in [3.8, 4) is 0 Å². The normalized spacial score (nSPS) is 23.2. The molecule has 88 valence electrons. The van der Waals surface area contributed by atoms with Crippen molar-refractivity contribution in [3.05, 3.63) is 11.9 Å². The summed E-state index contributed by atoms with van der Waals surface area (Å²) in [6.45, 7) is 0. The average molecular weight is 245 g/mol. The van der Waals surface area contributed by atoms with Crippen molar-refractivity contribution in [2.24, 2.45) is 0 Å². The zero-order valence-corrected chi connectivity index (χ0v) is 9.48. The van der Waals surface area contributed by atoms with Crippen molar-refractivity contribution >= 4 is 15.8 Å². The second-order valence-electron chi connectivity index (χ2n) is 3.63. The molecule has 0 amide bonds. The molecule has 0 aromatic carbocycles. The molecular weight excluding hydrogens is 234 g/mol. The number of esters is 1. The van der Waals surface area contributed by atoms with Gasteiger partial charge in [0.15, 0.2) is 15.5 Å². The molecule has 1 atom stereocenters. The van der Waals surface area contributed by atoms with Crippen LogP contribution in [0.4, 0.5) is 0 Å². The topological polar surface area (TPSA) is 91.2 Å². The van der Waals surface area contributed by atoms with Gasteiger partial charge in [-0.15, -0.1) is 5.10 Å². The van der Waals surface area contributed by atoms with Gasteiger partial charge in [-0.3, -0.25) is 0 Å².